The number of halogens is 1. The molecule has 1 amide bonds. The van der Waals surface area contributed by atoms with Gasteiger partial charge in [-0.25, -0.2) is 0 Å². The van der Waals surface area contributed by atoms with Crippen LogP contribution in [0.5, 0.6) is 0 Å². The third-order valence-electron chi connectivity index (χ3n) is 4.14. The smallest absolute Gasteiger partial charge is 0.254 e. The van der Waals surface area contributed by atoms with E-state index in [0.717, 1.165) is 13.0 Å². The maximum absolute atomic E-state index is 12.0. The van der Waals surface area contributed by atoms with E-state index in [9.17, 15) is 4.79 Å². The van der Waals surface area contributed by atoms with Crippen molar-refractivity contribution in [2.45, 2.75) is 39.0 Å². The fourth-order valence-electron chi connectivity index (χ4n) is 2.74. The largest absolute Gasteiger partial charge is 0.398 e. The normalized spacial score (nSPS) is 16.7. The zero-order valence-corrected chi connectivity index (χ0v) is 12.1. The number of nitrogens with zero attached hydrogens (tertiary/aromatic N) is 1. The van der Waals surface area contributed by atoms with Gasteiger partial charge in [-0.15, -0.1) is 12.4 Å². The number of hydrogen-bond acceptors (Lipinski definition) is 3. The fraction of sp³-hybridized carbons (Fsp3) is 0.571. The number of aromatic nitrogens is 1. The molecule has 1 aliphatic carbocycles. The number of hydrogen-bond donors (Lipinski definition) is 2. The van der Waals surface area contributed by atoms with Crippen LogP contribution in [-0.2, 0) is 0 Å². The van der Waals surface area contributed by atoms with Gasteiger partial charge in [0, 0.05) is 24.6 Å². The third-order valence-corrected chi connectivity index (χ3v) is 4.14. The van der Waals surface area contributed by atoms with Gasteiger partial charge >= 0.3 is 0 Å². The molecule has 0 aliphatic heterocycles. The first-order chi connectivity index (χ1) is 8.67. The van der Waals surface area contributed by atoms with Gasteiger partial charge in [-0.05, 0) is 30.7 Å². The summed E-state index contributed by atoms with van der Waals surface area (Å²) in [6.07, 6.45) is 9.22. The summed E-state index contributed by atoms with van der Waals surface area (Å²) in [5, 5.41) is 3.01. The first kappa shape index (κ1) is 15.8. The van der Waals surface area contributed by atoms with E-state index in [4.69, 9.17) is 5.73 Å². The highest BCUT2D eigenvalue weighted by Crippen LogP contribution is 2.40. The average Bonchev–Trinajstić information content (AvgIpc) is 2.86. The highest BCUT2D eigenvalue weighted by atomic mass is 35.5. The quantitative estimate of drug-likeness (QED) is 0.893. The monoisotopic (exact) mass is 283 g/mol. The number of carbonyl (C=O) groups is 1. The zero-order chi connectivity index (χ0) is 13.0. The molecule has 1 aromatic heterocycles. The number of nitrogens with two attached hydrogens (primary N) is 1. The average molecular weight is 284 g/mol. The van der Waals surface area contributed by atoms with Crippen LogP contribution >= 0.6 is 12.4 Å². The molecule has 0 aromatic carbocycles. The van der Waals surface area contributed by atoms with Crippen LogP contribution in [0.3, 0.4) is 0 Å². The molecule has 1 saturated carbocycles. The van der Waals surface area contributed by atoms with Gasteiger partial charge in [-0.1, -0.05) is 19.8 Å². The summed E-state index contributed by atoms with van der Waals surface area (Å²) >= 11 is 0. The van der Waals surface area contributed by atoms with E-state index in [1.54, 1.807) is 12.3 Å². The summed E-state index contributed by atoms with van der Waals surface area (Å²) < 4.78 is 0. The van der Waals surface area contributed by atoms with Gasteiger partial charge < -0.3 is 11.1 Å². The second kappa shape index (κ2) is 6.75. The molecule has 0 bridgehead atoms. The Balaban J connectivity index is 0.00000180. The maximum Gasteiger partial charge on any atom is 0.254 e. The molecule has 1 aromatic rings. The predicted molar refractivity (Wildman–Crippen MR) is 79.4 cm³/mol. The van der Waals surface area contributed by atoms with Crippen molar-refractivity contribution in [1.29, 1.82) is 0 Å². The SMILES string of the molecule is CCC1(CNC(=O)c2cnccc2N)CCCC1.Cl. The predicted octanol–water partition coefficient (Wildman–Crippen LogP) is 2.79. The minimum Gasteiger partial charge on any atom is -0.398 e. The van der Waals surface area contributed by atoms with Gasteiger partial charge in [0.25, 0.3) is 5.91 Å². The lowest BCUT2D eigenvalue weighted by atomic mass is 9.83. The summed E-state index contributed by atoms with van der Waals surface area (Å²) in [6.45, 7) is 2.95. The van der Waals surface area contributed by atoms with E-state index in [0.29, 0.717) is 16.7 Å². The van der Waals surface area contributed by atoms with E-state index < -0.39 is 0 Å². The van der Waals surface area contributed by atoms with Crippen molar-refractivity contribution in [3.05, 3.63) is 24.0 Å². The number of anilines is 1. The van der Waals surface area contributed by atoms with Crippen molar-refractivity contribution in [3.63, 3.8) is 0 Å². The van der Waals surface area contributed by atoms with E-state index in [2.05, 4.69) is 17.2 Å². The Hall–Kier alpha value is -1.29. The van der Waals surface area contributed by atoms with E-state index in [1.165, 1.54) is 31.9 Å². The Kier molecular flexibility index (Phi) is 5.60. The summed E-state index contributed by atoms with van der Waals surface area (Å²) in [4.78, 5) is 16.0. The molecule has 106 valence electrons. The van der Waals surface area contributed by atoms with Crippen LogP contribution in [0, 0.1) is 5.41 Å². The minimum atomic E-state index is -0.111. The molecule has 1 fully saturated rings. The highest BCUT2D eigenvalue weighted by molar-refractivity contribution is 5.98. The molecular formula is C14H22ClN3O. The van der Waals surface area contributed by atoms with Gasteiger partial charge in [-0.2, -0.15) is 0 Å². The van der Waals surface area contributed by atoms with Crippen molar-refractivity contribution >= 4 is 24.0 Å². The first-order valence-electron chi connectivity index (χ1n) is 6.64. The van der Waals surface area contributed by atoms with Crippen LogP contribution in [0.1, 0.15) is 49.4 Å². The molecule has 4 nitrogen and oxygen atoms in total. The van der Waals surface area contributed by atoms with Gasteiger partial charge in [0.15, 0.2) is 0 Å². The number of rotatable bonds is 4. The van der Waals surface area contributed by atoms with Crippen molar-refractivity contribution in [1.82, 2.24) is 10.3 Å². The van der Waals surface area contributed by atoms with E-state index in [-0.39, 0.29) is 18.3 Å². The first-order valence-corrected chi connectivity index (χ1v) is 6.64. The summed E-state index contributed by atoms with van der Waals surface area (Å²) in [5.74, 6) is -0.111. The van der Waals surface area contributed by atoms with Gasteiger partial charge in [0.1, 0.15) is 0 Å². The van der Waals surface area contributed by atoms with Crippen molar-refractivity contribution in [3.8, 4) is 0 Å². The lowest BCUT2D eigenvalue weighted by Gasteiger charge is -2.27. The number of pyridine rings is 1. The van der Waals surface area contributed by atoms with E-state index in [1.807, 2.05) is 0 Å². The molecule has 0 radical (unpaired) electrons. The Bertz CT molecular complexity index is 430. The number of nitrogens with one attached hydrogen (secondary N) is 1. The van der Waals surface area contributed by atoms with Crippen LogP contribution in [0.25, 0.3) is 0 Å². The fourth-order valence-corrected chi connectivity index (χ4v) is 2.74. The molecule has 0 saturated heterocycles. The standard InChI is InChI=1S/C14H21N3O.ClH/c1-2-14(6-3-4-7-14)10-17-13(18)11-9-16-8-5-12(11)15;/h5,8-9H,2-4,6-7,10H2,1H3,(H2,15,16)(H,17,18);1H. The second-order valence-corrected chi connectivity index (χ2v) is 5.21. The molecule has 3 N–H and O–H groups in total. The van der Waals surface area contributed by atoms with Crippen molar-refractivity contribution in [2.24, 2.45) is 5.41 Å². The summed E-state index contributed by atoms with van der Waals surface area (Å²) in [6, 6.07) is 1.65. The Morgan fingerprint density at radius 3 is 2.74 bits per heavy atom. The molecule has 1 heterocycles. The highest BCUT2D eigenvalue weighted by Gasteiger charge is 2.32. The molecule has 1 aliphatic rings. The molecule has 19 heavy (non-hydrogen) atoms. The van der Waals surface area contributed by atoms with Gasteiger partial charge in [0.2, 0.25) is 0 Å². The van der Waals surface area contributed by atoms with Crippen molar-refractivity contribution < 1.29 is 4.79 Å². The lowest BCUT2D eigenvalue weighted by Crippen LogP contribution is -2.35. The van der Waals surface area contributed by atoms with Crippen LogP contribution in [0.2, 0.25) is 0 Å². The summed E-state index contributed by atoms with van der Waals surface area (Å²) in [7, 11) is 0. The summed E-state index contributed by atoms with van der Waals surface area (Å²) in [5.41, 5.74) is 7.03. The third kappa shape index (κ3) is 3.60. The van der Waals surface area contributed by atoms with Crippen LogP contribution in [0.4, 0.5) is 5.69 Å². The topological polar surface area (TPSA) is 68.0 Å². The second-order valence-electron chi connectivity index (χ2n) is 5.21. The Morgan fingerprint density at radius 1 is 1.47 bits per heavy atom. The Labute approximate surface area is 120 Å². The lowest BCUT2D eigenvalue weighted by molar-refractivity contribution is 0.0929. The molecule has 5 heteroatoms. The number of nitrogen functional groups attached to an aromatic ring is 1. The Morgan fingerprint density at radius 2 is 2.16 bits per heavy atom. The van der Waals surface area contributed by atoms with Crippen molar-refractivity contribution in [2.75, 3.05) is 12.3 Å². The van der Waals surface area contributed by atoms with Gasteiger partial charge in [0.05, 0.1) is 5.56 Å². The van der Waals surface area contributed by atoms with Crippen LogP contribution in [0.15, 0.2) is 18.5 Å². The van der Waals surface area contributed by atoms with Gasteiger partial charge in [-0.3, -0.25) is 9.78 Å². The minimum absolute atomic E-state index is 0. The zero-order valence-electron chi connectivity index (χ0n) is 11.3. The van der Waals surface area contributed by atoms with Crippen LogP contribution < -0.4 is 11.1 Å². The number of amides is 1. The van der Waals surface area contributed by atoms with Crippen LogP contribution in [-0.4, -0.2) is 17.4 Å². The molecule has 0 atom stereocenters. The molecule has 2 rings (SSSR count). The molecule has 0 spiro atoms. The molecule has 0 unspecified atom stereocenters. The molecular weight excluding hydrogens is 262 g/mol. The number of carbonyl (C=O) groups excluding carboxylic acids is 1. The maximum atomic E-state index is 12.0. The van der Waals surface area contributed by atoms with E-state index >= 15 is 0 Å².